The molecule has 6 saturated heterocycles. The number of piperazine rings is 2. The molecule has 14 rings (SSSR count). The van der Waals surface area contributed by atoms with Crippen molar-refractivity contribution in [2.75, 3.05) is 129 Å². The van der Waals surface area contributed by atoms with Gasteiger partial charge in [-0.1, -0.05) is 12.1 Å². The number of hydrogen-bond donors (Lipinski definition) is 3. The van der Waals surface area contributed by atoms with Crippen molar-refractivity contribution in [1.82, 2.24) is 59.7 Å². The van der Waals surface area contributed by atoms with Crippen LogP contribution in [0.3, 0.4) is 0 Å². The Bertz CT molecular complexity index is 3550. The molecule has 408 valence electrons. The summed E-state index contributed by atoms with van der Waals surface area (Å²) in [7, 11) is 1.86. The molecule has 0 radical (unpaired) electrons. The Kier molecular flexibility index (Phi) is 12.7. The lowest BCUT2D eigenvalue weighted by atomic mass is 9.84. The summed E-state index contributed by atoms with van der Waals surface area (Å²) in [6.45, 7) is 12.1. The lowest BCUT2D eigenvalue weighted by molar-refractivity contribution is -0.158. The molecule has 6 aliphatic rings. The number of oxazole rings is 2. The van der Waals surface area contributed by atoms with Crippen molar-refractivity contribution in [1.29, 1.82) is 0 Å². The maximum Gasteiger partial charge on any atom is 0.300 e. The number of nitrogens with one attached hydrogen (secondary N) is 3. The highest BCUT2D eigenvalue weighted by Gasteiger charge is 2.43. The van der Waals surface area contributed by atoms with Crippen LogP contribution in [0.4, 0.5) is 35.3 Å². The number of anilines is 6. The second-order valence-corrected chi connectivity index (χ2v) is 21.6. The zero-order valence-electron chi connectivity index (χ0n) is 44.1. The average molecular weight is 1070 g/mol. The number of rotatable bonds is 13. The summed E-state index contributed by atoms with van der Waals surface area (Å²) in [6.07, 6.45) is 13.0. The van der Waals surface area contributed by atoms with Crippen LogP contribution >= 0.6 is 0 Å². The molecule has 79 heavy (non-hydrogen) atoms. The van der Waals surface area contributed by atoms with E-state index in [9.17, 15) is 9.59 Å². The highest BCUT2D eigenvalue weighted by atomic mass is 16.5. The van der Waals surface area contributed by atoms with E-state index in [0.717, 1.165) is 122 Å². The molecular weight excluding hydrogens is 1010 g/mol. The van der Waals surface area contributed by atoms with Crippen LogP contribution in [0, 0.1) is 0 Å². The van der Waals surface area contributed by atoms with E-state index in [1.807, 2.05) is 48.4 Å². The van der Waals surface area contributed by atoms with Gasteiger partial charge in [0.2, 0.25) is 11.3 Å². The fourth-order valence-corrected chi connectivity index (χ4v) is 11.7. The molecule has 2 amide bonds. The Labute approximate surface area is 454 Å². The SMILES string of the molecule is Cn1cc(-c2cccc(NC(=O)c3cc4oc(N5CCN(CCn6cc(-c7cccc(NC(=O)c8cc9oc(N%10CCNCC%10)nc9nc8N8CCC9(CCO9)CC8)n7)cn6)CC5)nc4nc3N3CCC4(CCO4)CC3)n2)cn1. The summed E-state index contributed by atoms with van der Waals surface area (Å²) in [6, 6.07) is 15.6. The highest BCUT2D eigenvalue weighted by molar-refractivity contribution is 6.09. The van der Waals surface area contributed by atoms with E-state index in [4.69, 9.17) is 53.3 Å². The third kappa shape index (κ3) is 9.86. The molecule has 0 unspecified atom stereocenters. The summed E-state index contributed by atoms with van der Waals surface area (Å²) in [5.41, 5.74) is 5.59. The number of aryl methyl sites for hydroxylation is 1. The molecule has 24 heteroatoms. The Morgan fingerprint density at radius 3 is 1.57 bits per heavy atom. The van der Waals surface area contributed by atoms with Crippen molar-refractivity contribution < 1.29 is 27.9 Å². The predicted molar refractivity (Wildman–Crippen MR) is 295 cm³/mol. The van der Waals surface area contributed by atoms with E-state index in [-0.39, 0.29) is 23.0 Å². The first-order chi connectivity index (χ1) is 38.7. The largest absolute Gasteiger partial charge is 0.422 e. The zero-order chi connectivity index (χ0) is 53.1. The molecule has 3 N–H and O–H groups in total. The van der Waals surface area contributed by atoms with Crippen molar-refractivity contribution >= 4 is 69.6 Å². The van der Waals surface area contributed by atoms with Crippen molar-refractivity contribution in [3.05, 3.63) is 84.4 Å². The number of nitrogens with zero attached hydrogens (tertiary/aromatic N) is 15. The molecule has 8 aromatic rings. The first kappa shape index (κ1) is 49.2. The molecule has 24 nitrogen and oxygen atoms in total. The Balaban J connectivity index is 0.622. The molecule has 8 aromatic heterocycles. The van der Waals surface area contributed by atoms with Gasteiger partial charge in [0.25, 0.3) is 23.8 Å². The number of aromatic nitrogens is 10. The van der Waals surface area contributed by atoms with Crippen molar-refractivity contribution in [3.63, 3.8) is 0 Å². The molecule has 6 aliphatic heterocycles. The molecule has 14 heterocycles. The minimum absolute atomic E-state index is 0.0596. The van der Waals surface area contributed by atoms with Gasteiger partial charge >= 0.3 is 0 Å². The fraction of sp³-hybridized carbons (Fsp3) is 0.455. The monoisotopic (exact) mass is 1070 g/mol. The number of ether oxygens (including phenoxy) is 2. The van der Waals surface area contributed by atoms with Crippen molar-refractivity contribution in [2.45, 2.75) is 56.3 Å². The van der Waals surface area contributed by atoms with Crippen LogP contribution in [0.15, 0.2) is 82.2 Å². The smallest absolute Gasteiger partial charge is 0.300 e. The van der Waals surface area contributed by atoms with Crippen LogP contribution in [0.2, 0.25) is 0 Å². The van der Waals surface area contributed by atoms with Gasteiger partial charge in [0.05, 0.1) is 65.9 Å². The van der Waals surface area contributed by atoms with Crippen LogP contribution in [0.5, 0.6) is 0 Å². The highest BCUT2D eigenvalue weighted by Crippen LogP contribution is 2.41. The van der Waals surface area contributed by atoms with Gasteiger partial charge in [0.1, 0.15) is 23.3 Å². The van der Waals surface area contributed by atoms with Crippen LogP contribution in [0.25, 0.3) is 45.0 Å². The second-order valence-electron chi connectivity index (χ2n) is 21.6. The maximum atomic E-state index is 14.3. The number of fused-ring (bicyclic) bond motifs is 2. The molecule has 0 aromatic carbocycles. The van der Waals surface area contributed by atoms with E-state index >= 15 is 0 Å². The molecule has 0 atom stereocenters. The normalized spacial score (nSPS) is 19.3. The zero-order valence-corrected chi connectivity index (χ0v) is 44.1. The predicted octanol–water partition coefficient (Wildman–Crippen LogP) is 5.07. The van der Waals surface area contributed by atoms with Crippen LogP contribution in [0.1, 0.15) is 59.2 Å². The number of amides is 2. The molecule has 6 fully saturated rings. The summed E-state index contributed by atoms with van der Waals surface area (Å²) in [5, 5.41) is 18.4. The number of pyridine rings is 4. The Morgan fingerprint density at radius 2 is 1.08 bits per heavy atom. The lowest BCUT2D eigenvalue weighted by Gasteiger charge is -2.48. The summed E-state index contributed by atoms with van der Waals surface area (Å²) in [5.74, 6) is 1.32. The molecule has 2 spiro atoms. The quantitative estimate of drug-likeness (QED) is 0.136. The third-order valence-corrected chi connectivity index (χ3v) is 16.7. The maximum absolute atomic E-state index is 14.3. The first-order valence-corrected chi connectivity index (χ1v) is 27.6. The Hall–Kier alpha value is -8.06. The van der Waals surface area contributed by atoms with Gasteiger partial charge in [0.15, 0.2) is 11.2 Å². The molecular formula is C55H62N18O6. The number of carbonyl (C=O) groups excluding carboxylic acids is 2. The van der Waals surface area contributed by atoms with Gasteiger partial charge < -0.3 is 53.9 Å². The fourth-order valence-electron chi connectivity index (χ4n) is 11.7. The second kappa shape index (κ2) is 20.3. The summed E-state index contributed by atoms with van der Waals surface area (Å²) >= 11 is 0. The van der Waals surface area contributed by atoms with E-state index in [1.165, 1.54) is 0 Å². The van der Waals surface area contributed by atoms with Crippen LogP contribution in [-0.4, -0.2) is 176 Å². The third-order valence-electron chi connectivity index (χ3n) is 16.7. The Morgan fingerprint density at radius 1 is 0.570 bits per heavy atom. The van der Waals surface area contributed by atoms with Gasteiger partial charge in [-0.3, -0.25) is 23.9 Å². The van der Waals surface area contributed by atoms with E-state index in [0.29, 0.717) is 113 Å². The van der Waals surface area contributed by atoms with Crippen LogP contribution < -0.4 is 35.6 Å². The van der Waals surface area contributed by atoms with Crippen molar-refractivity contribution in [2.24, 2.45) is 7.05 Å². The molecule has 0 saturated carbocycles. The van der Waals surface area contributed by atoms with E-state index in [1.54, 1.807) is 41.3 Å². The standard InChI is InChI=1S/C55H62N18O6/c1-67-34-36(32-57-67)40-4-2-6-44(59-40)61-50(74)39-31-43-47(64-49(39)70-18-10-55(11-19-70)13-29-77-55)66-53(79-43)72-25-22-68(23-26-72)24-27-73-35-37(33-58-73)41-5-3-7-45(60-41)62-51(75)38-30-42-46(65-52(78-42)71-20-14-56-15-21-71)63-48(38)69-16-8-54(9-17-69)12-28-76-54/h2-7,30-35,56H,8-29H2,1H3,(H,59,61,74)(H,60,62,75). The lowest BCUT2D eigenvalue weighted by Crippen LogP contribution is -2.52. The number of piperidine rings is 2. The van der Waals surface area contributed by atoms with Crippen molar-refractivity contribution in [3.8, 4) is 22.5 Å². The first-order valence-electron chi connectivity index (χ1n) is 27.6. The molecule has 0 bridgehead atoms. The minimum atomic E-state index is -0.332. The van der Waals surface area contributed by atoms with Gasteiger partial charge in [-0.15, -0.1) is 0 Å². The topological polar surface area (TPSA) is 244 Å². The number of carbonyl (C=O) groups is 2. The van der Waals surface area contributed by atoms with Gasteiger partial charge in [0, 0.05) is 128 Å². The van der Waals surface area contributed by atoms with Gasteiger partial charge in [-0.05, 0) is 62.8 Å². The van der Waals surface area contributed by atoms with Crippen LogP contribution in [-0.2, 0) is 23.1 Å². The van der Waals surface area contributed by atoms with Gasteiger partial charge in [-0.25, -0.2) is 19.9 Å². The summed E-state index contributed by atoms with van der Waals surface area (Å²) < 4.78 is 28.3. The van der Waals surface area contributed by atoms with E-state index < -0.39 is 0 Å². The number of hydrogen-bond acceptors (Lipinski definition) is 20. The van der Waals surface area contributed by atoms with E-state index in [2.05, 4.69) is 45.5 Å². The minimum Gasteiger partial charge on any atom is -0.422 e. The molecule has 0 aliphatic carbocycles. The van der Waals surface area contributed by atoms with Gasteiger partial charge in [-0.2, -0.15) is 20.2 Å². The average Bonchev–Trinajstić information content (AvgIpc) is 4.41. The summed E-state index contributed by atoms with van der Waals surface area (Å²) in [4.78, 5) is 68.7.